The lowest BCUT2D eigenvalue weighted by molar-refractivity contribution is -0.137. The molecule has 2 aliphatic heterocycles. The zero-order valence-corrected chi connectivity index (χ0v) is 15.4. The summed E-state index contributed by atoms with van der Waals surface area (Å²) in [6.07, 6.45) is 2.68. The highest BCUT2D eigenvalue weighted by Gasteiger charge is 2.40. The van der Waals surface area contributed by atoms with Gasteiger partial charge in [-0.25, -0.2) is 9.97 Å². The third-order valence-corrected chi connectivity index (χ3v) is 5.78. The summed E-state index contributed by atoms with van der Waals surface area (Å²) in [5, 5.41) is 2.86. The highest BCUT2D eigenvalue weighted by atomic mass is 32.2. The van der Waals surface area contributed by atoms with E-state index in [2.05, 4.69) is 29.1 Å². The van der Waals surface area contributed by atoms with Gasteiger partial charge in [0.15, 0.2) is 0 Å². The Labute approximate surface area is 146 Å². The van der Waals surface area contributed by atoms with Gasteiger partial charge in [-0.1, -0.05) is 13.8 Å². The van der Waals surface area contributed by atoms with Crippen LogP contribution in [-0.4, -0.2) is 43.2 Å². The Morgan fingerprint density at radius 3 is 2.88 bits per heavy atom. The van der Waals surface area contributed by atoms with Crippen LogP contribution in [0, 0.1) is 5.92 Å². The maximum absolute atomic E-state index is 12.7. The monoisotopic (exact) mass is 348 g/mol. The van der Waals surface area contributed by atoms with E-state index in [9.17, 15) is 9.59 Å². The minimum absolute atomic E-state index is 0.0326. The molecular weight excluding hydrogens is 324 g/mol. The molecule has 130 valence electrons. The van der Waals surface area contributed by atoms with Crippen LogP contribution in [0.4, 0.5) is 0 Å². The van der Waals surface area contributed by atoms with Gasteiger partial charge in [0.2, 0.25) is 11.8 Å². The smallest absolute Gasteiger partial charge is 0.246 e. The molecular formula is C17H24N4O2S. The highest BCUT2D eigenvalue weighted by Crippen LogP contribution is 2.30. The van der Waals surface area contributed by atoms with Gasteiger partial charge in [0, 0.05) is 30.5 Å². The van der Waals surface area contributed by atoms with E-state index in [0.717, 1.165) is 23.5 Å². The molecule has 3 heterocycles. The van der Waals surface area contributed by atoms with Gasteiger partial charge in [-0.2, -0.15) is 0 Å². The largest absolute Gasteiger partial charge is 0.342 e. The molecule has 0 aliphatic carbocycles. The lowest BCUT2D eigenvalue weighted by atomic mass is 10.1. The van der Waals surface area contributed by atoms with Gasteiger partial charge in [-0.05, 0) is 19.8 Å². The molecule has 1 aromatic heterocycles. The van der Waals surface area contributed by atoms with Gasteiger partial charge in [0.25, 0.3) is 0 Å². The molecule has 1 saturated heterocycles. The van der Waals surface area contributed by atoms with Crippen molar-refractivity contribution in [3.63, 3.8) is 0 Å². The number of thioether (sulfide) groups is 1. The van der Waals surface area contributed by atoms with Crippen molar-refractivity contribution in [1.82, 2.24) is 20.2 Å². The Bertz CT molecular complexity index is 675. The number of carbonyl (C=O) groups excluding carboxylic acids is 2. The summed E-state index contributed by atoms with van der Waals surface area (Å²) in [5.41, 5.74) is 1.94. The molecule has 1 N–H and O–H groups in total. The molecule has 7 heteroatoms. The van der Waals surface area contributed by atoms with Crippen molar-refractivity contribution in [2.45, 2.75) is 58.0 Å². The van der Waals surface area contributed by atoms with E-state index in [0.29, 0.717) is 24.8 Å². The van der Waals surface area contributed by atoms with E-state index in [-0.39, 0.29) is 11.8 Å². The first-order chi connectivity index (χ1) is 11.3. The maximum atomic E-state index is 12.7. The standard InChI is InChI=1S/C17H24N4O2S/c1-10(2)5-14-18-6-11-7-21(8-12(11)19-14)15(22)13-9-24-17(3,4)16(23)20-13/h6,10,13H,5,7-9H2,1-4H3,(H,20,23). The molecule has 3 rings (SSSR count). The number of nitrogens with one attached hydrogen (secondary N) is 1. The molecule has 0 radical (unpaired) electrons. The number of nitrogens with zero attached hydrogens (tertiary/aromatic N) is 3. The number of carbonyl (C=O) groups is 2. The van der Waals surface area contributed by atoms with Crippen LogP contribution in [0.5, 0.6) is 0 Å². The number of hydrogen-bond acceptors (Lipinski definition) is 5. The first-order valence-electron chi connectivity index (χ1n) is 8.33. The van der Waals surface area contributed by atoms with Crippen molar-refractivity contribution >= 4 is 23.6 Å². The Hall–Kier alpha value is -1.63. The van der Waals surface area contributed by atoms with E-state index in [1.54, 1.807) is 4.90 Å². The predicted molar refractivity (Wildman–Crippen MR) is 93.3 cm³/mol. The summed E-state index contributed by atoms with van der Waals surface area (Å²) >= 11 is 1.53. The summed E-state index contributed by atoms with van der Waals surface area (Å²) in [6.45, 7) is 9.06. The Balaban J connectivity index is 1.67. The molecule has 1 fully saturated rings. The van der Waals surface area contributed by atoms with Gasteiger partial charge in [-0.3, -0.25) is 9.59 Å². The second-order valence-electron chi connectivity index (χ2n) is 7.40. The molecule has 1 atom stereocenters. The zero-order chi connectivity index (χ0) is 17.5. The van der Waals surface area contributed by atoms with Crippen molar-refractivity contribution in [3.05, 3.63) is 23.3 Å². The fraction of sp³-hybridized carbons (Fsp3) is 0.647. The van der Waals surface area contributed by atoms with Gasteiger partial charge >= 0.3 is 0 Å². The summed E-state index contributed by atoms with van der Waals surface area (Å²) in [6, 6.07) is -0.451. The molecule has 0 aromatic carbocycles. The van der Waals surface area contributed by atoms with Crippen molar-refractivity contribution in [3.8, 4) is 0 Å². The van der Waals surface area contributed by atoms with Crippen LogP contribution in [0.15, 0.2) is 6.20 Å². The molecule has 2 aliphatic rings. The molecule has 0 spiro atoms. The fourth-order valence-electron chi connectivity index (χ4n) is 2.90. The van der Waals surface area contributed by atoms with Gasteiger partial charge < -0.3 is 10.2 Å². The van der Waals surface area contributed by atoms with E-state index >= 15 is 0 Å². The van der Waals surface area contributed by atoms with Crippen molar-refractivity contribution < 1.29 is 9.59 Å². The fourth-order valence-corrected chi connectivity index (χ4v) is 3.90. The summed E-state index contributed by atoms with van der Waals surface area (Å²) in [7, 11) is 0. The number of hydrogen-bond donors (Lipinski definition) is 1. The maximum Gasteiger partial charge on any atom is 0.246 e. The van der Waals surface area contributed by atoms with E-state index in [4.69, 9.17) is 0 Å². The van der Waals surface area contributed by atoms with Crippen LogP contribution in [0.25, 0.3) is 0 Å². The van der Waals surface area contributed by atoms with Crippen molar-refractivity contribution in [2.24, 2.45) is 5.92 Å². The minimum Gasteiger partial charge on any atom is -0.342 e. The predicted octanol–water partition coefficient (Wildman–Crippen LogP) is 1.53. The molecule has 1 unspecified atom stereocenters. The molecule has 2 amide bonds. The summed E-state index contributed by atoms with van der Waals surface area (Å²) < 4.78 is -0.470. The number of amides is 2. The highest BCUT2D eigenvalue weighted by molar-refractivity contribution is 8.01. The first-order valence-corrected chi connectivity index (χ1v) is 9.32. The second kappa shape index (κ2) is 6.35. The average molecular weight is 348 g/mol. The Morgan fingerprint density at radius 2 is 2.21 bits per heavy atom. The number of aromatic nitrogens is 2. The number of rotatable bonds is 3. The van der Waals surface area contributed by atoms with E-state index in [1.165, 1.54) is 11.8 Å². The molecule has 0 bridgehead atoms. The van der Waals surface area contributed by atoms with Gasteiger partial charge in [0.05, 0.1) is 17.0 Å². The molecule has 6 nitrogen and oxygen atoms in total. The molecule has 1 aromatic rings. The lowest BCUT2D eigenvalue weighted by Crippen LogP contribution is -2.57. The number of fused-ring (bicyclic) bond motifs is 1. The van der Waals surface area contributed by atoms with Gasteiger partial charge in [-0.15, -0.1) is 11.8 Å². The molecule has 24 heavy (non-hydrogen) atoms. The van der Waals surface area contributed by atoms with E-state index < -0.39 is 10.8 Å². The first kappa shape index (κ1) is 17.2. The van der Waals surface area contributed by atoms with E-state index in [1.807, 2.05) is 20.0 Å². The normalized spacial score (nSPS) is 22.5. The van der Waals surface area contributed by atoms with Gasteiger partial charge in [0.1, 0.15) is 11.9 Å². The van der Waals surface area contributed by atoms with Crippen molar-refractivity contribution in [2.75, 3.05) is 5.75 Å². The SMILES string of the molecule is CC(C)Cc1ncc2c(n1)CN(C(=O)C1CSC(C)(C)C(=O)N1)C2. The van der Waals surface area contributed by atoms with Crippen LogP contribution in [0.3, 0.4) is 0 Å². The van der Waals surface area contributed by atoms with Crippen LogP contribution in [-0.2, 0) is 29.1 Å². The topological polar surface area (TPSA) is 75.2 Å². The minimum atomic E-state index is -0.470. The quantitative estimate of drug-likeness (QED) is 0.896. The zero-order valence-electron chi connectivity index (χ0n) is 14.6. The summed E-state index contributed by atoms with van der Waals surface area (Å²) in [5.74, 6) is 1.83. The average Bonchev–Trinajstić information content (AvgIpc) is 2.92. The molecule has 0 saturated carbocycles. The van der Waals surface area contributed by atoms with Crippen LogP contribution in [0.1, 0.15) is 44.8 Å². The van der Waals surface area contributed by atoms with Crippen LogP contribution in [0.2, 0.25) is 0 Å². The lowest BCUT2D eigenvalue weighted by Gasteiger charge is -2.34. The third kappa shape index (κ3) is 3.41. The van der Waals surface area contributed by atoms with Crippen molar-refractivity contribution in [1.29, 1.82) is 0 Å². The Kier molecular flexibility index (Phi) is 4.55. The summed E-state index contributed by atoms with van der Waals surface area (Å²) in [4.78, 5) is 35.6. The van der Waals surface area contributed by atoms with Crippen LogP contribution >= 0.6 is 11.8 Å². The third-order valence-electron chi connectivity index (χ3n) is 4.37. The second-order valence-corrected chi connectivity index (χ2v) is 9.04. The Morgan fingerprint density at radius 1 is 1.46 bits per heavy atom. The van der Waals surface area contributed by atoms with Crippen LogP contribution < -0.4 is 5.32 Å².